The number of aromatic nitrogens is 4. The molecule has 0 amide bonds. The molecule has 8 heterocycles. The largest absolute Gasteiger partial charge is 0.457 e. The van der Waals surface area contributed by atoms with Crippen molar-refractivity contribution in [1.82, 2.24) is 19.1 Å². The summed E-state index contributed by atoms with van der Waals surface area (Å²) in [6, 6.07) is 14.2. The van der Waals surface area contributed by atoms with E-state index < -0.39 is 35.1 Å². The lowest BCUT2D eigenvalue weighted by Gasteiger charge is -2.35. The van der Waals surface area contributed by atoms with Gasteiger partial charge in [-0.1, -0.05) is 88.8 Å². The minimum atomic E-state index is -1.85. The summed E-state index contributed by atoms with van der Waals surface area (Å²) >= 11 is 0. The van der Waals surface area contributed by atoms with Gasteiger partial charge in [-0.05, 0) is 111 Å². The Morgan fingerprint density at radius 1 is 0.524 bits per heavy atom. The molecule has 0 saturated heterocycles. The molecule has 10 rings (SSSR count). The van der Waals surface area contributed by atoms with Crippen molar-refractivity contribution in [2.24, 2.45) is 0 Å². The van der Waals surface area contributed by atoms with Crippen LogP contribution in [0.25, 0.3) is 44.6 Å². The molecule has 0 spiro atoms. The first-order valence-electron chi connectivity index (χ1n) is 29.5. The molecular weight excluding hydrogens is 1110 g/mol. The summed E-state index contributed by atoms with van der Waals surface area (Å²) in [6.45, 7) is 11.6. The van der Waals surface area contributed by atoms with Crippen molar-refractivity contribution >= 4 is 79.2 Å². The van der Waals surface area contributed by atoms with Crippen LogP contribution in [0.3, 0.4) is 0 Å². The lowest BCUT2D eigenvalue weighted by atomic mass is 9.85. The van der Waals surface area contributed by atoms with Gasteiger partial charge in [0.1, 0.15) is 24.7 Å². The number of benzene rings is 2. The van der Waals surface area contributed by atoms with Gasteiger partial charge in [0.25, 0.3) is 11.1 Å². The highest BCUT2D eigenvalue weighted by molar-refractivity contribution is 8.76. The minimum absolute atomic E-state index is 0.0132. The number of pyridine rings is 4. The van der Waals surface area contributed by atoms with Crippen molar-refractivity contribution in [2.75, 3.05) is 11.5 Å². The van der Waals surface area contributed by atoms with Crippen LogP contribution in [0, 0.1) is 0 Å². The molecule has 0 unspecified atom stereocenters. The Balaban J connectivity index is 0.749. The fourth-order valence-corrected chi connectivity index (χ4v) is 14.3. The third-order valence-corrected chi connectivity index (χ3v) is 19.1. The van der Waals surface area contributed by atoms with Gasteiger partial charge >= 0.3 is 35.8 Å². The van der Waals surface area contributed by atoms with E-state index in [-0.39, 0.29) is 97.3 Å². The van der Waals surface area contributed by atoms with E-state index in [9.17, 15) is 38.4 Å². The zero-order valence-electron chi connectivity index (χ0n) is 48.5. The van der Waals surface area contributed by atoms with Crippen molar-refractivity contribution in [3.05, 3.63) is 114 Å². The topological polar surface area (TPSA) is 228 Å². The van der Waals surface area contributed by atoms with Crippen LogP contribution in [0.1, 0.15) is 176 Å². The second-order valence-corrected chi connectivity index (χ2v) is 24.4. The first kappa shape index (κ1) is 59.8. The molecule has 2 atom stereocenters. The van der Waals surface area contributed by atoms with Gasteiger partial charge < -0.3 is 37.6 Å². The first-order chi connectivity index (χ1) is 40.6. The summed E-state index contributed by atoms with van der Waals surface area (Å²) in [4.78, 5) is 119. The summed E-state index contributed by atoms with van der Waals surface area (Å²) < 4.78 is 38.0. The lowest BCUT2D eigenvalue weighted by Crippen LogP contribution is -2.47. The second kappa shape index (κ2) is 25.5. The third kappa shape index (κ3) is 11.3. The number of unbranched alkanes of at least 4 members (excludes halogenated alkanes) is 4. The Kier molecular flexibility index (Phi) is 18.2. The molecule has 20 heteroatoms. The predicted octanol–water partition coefficient (Wildman–Crippen LogP) is 11.3. The average molecular weight is 1180 g/mol. The quantitative estimate of drug-likeness (QED) is 0.0170. The van der Waals surface area contributed by atoms with E-state index in [1.165, 1.54) is 21.6 Å². The first-order valence-corrected chi connectivity index (χ1v) is 32.0. The smallest absolute Gasteiger partial charge is 0.355 e. The van der Waals surface area contributed by atoms with Gasteiger partial charge in [0, 0.05) is 70.2 Å². The maximum atomic E-state index is 14.3. The van der Waals surface area contributed by atoms with Crippen LogP contribution >= 0.6 is 21.6 Å². The van der Waals surface area contributed by atoms with E-state index in [2.05, 4.69) is 13.8 Å². The highest BCUT2D eigenvalue weighted by Crippen LogP contribution is 2.45. The van der Waals surface area contributed by atoms with Crippen molar-refractivity contribution < 1.29 is 57.2 Å². The molecule has 6 aromatic rings. The number of fused-ring (bicyclic) bond motifs is 10. The highest BCUT2D eigenvalue weighted by Gasteiger charge is 2.52. The Morgan fingerprint density at radius 3 is 1.31 bits per heavy atom. The molecule has 4 aliphatic rings. The molecule has 0 saturated carbocycles. The molecular formula is C64H70N4O14S2. The van der Waals surface area contributed by atoms with Crippen molar-refractivity contribution in [3.8, 4) is 34.3 Å². The number of rotatable bonds is 25. The minimum Gasteiger partial charge on any atom is -0.457 e. The molecule has 0 bridgehead atoms. The van der Waals surface area contributed by atoms with Gasteiger partial charge in [-0.2, -0.15) is 0 Å². The van der Waals surface area contributed by atoms with Crippen molar-refractivity contribution in [3.63, 3.8) is 0 Å². The summed E-state index contributed by atoms with van der Waals surface area (Å²) in [5.74, 6) is -1.39. The number of cyclic esters (lactones) is 2. The van der Waals surface area contributed by atoms with E-state index in [0.29, 0.717) is 95.3 Å². The van der Waals surface area contributed by atoms with Crippen LogP contribution in [0.15, 0.2) is 58.1 Å². The Morgan fingerprint density at radius 2 is 0.929 bits per heavy atom. The molecule has 4 aromatic heterocycles. The molecule has 0 fully saturated rings. The number of hydrogen-bond donors (Lipinski definition) is 0. The summed E-state index contributed by atoms with van der Waals surface area (Å²) in [6.07, 6.45) is 8.13. The van der Waals surface area contributed by atoms with Gasteiger partial charge in [0.05, 0.1) is 58.0 Å². The number of esters is 6. The molecule has 4 aliphatic heterocycles. The number of carbonyl (C=O) groups excluding carboxylic acids is 6. The summed E-state index contributed by atoms with van der Waals surface area (Å²) in [5.41, 5.74) is 3.78. The number of aryl methyl sites for hydroxylation is 2. The second-order valence-electron chi connectivity index (χ2n) is 21.7. The highest BCUT2D eigenvalue weighted by atomic mass is 33.1. The zero-order valence-corrected chi connectivity index (χ0v) is 50.1. The van der Waals surface area contributed by atoms with E-state index in [1.807, 2.05) is 26.0 Å². The van der Waals surface area contributed by atoms with Crippen molar-refractivity contribution in [1.29, 1.82) is 0 Å². The maximum Gasteiger partial charge on any atom is 0.355 e. The number of carbonyl (C=O) groups is 6. The summed E-state index contributed by atoms with van der Waals surface area (Å²) in [7, 11) is 3.02. The Hall–Kier alpha value is -7.32. The maximum absolute atomic E-state index is 14.3. The average Bonchev–Trinajstić information content (AvgIpc) is 1.71. The fraction of sp³-hybridized carbons (Fsp3) is 0.469. The van der Waals surface area contributed by atoms with Gasteiger partial charge in [0.15, 0.2) is 0 Å². The summed E-state index contributed by atoms with van der Waals surface area (Å²) in [5, 5.41) is 1.64. The molecule has 0 aliphatic carbocycles. The van der Waals surface area contributed by atoms with Crippen LogP contribution in [0.4, 0.5) is 0 Å². The molecule has 0 radical (unpaired) electrons. The SMILES string of the molecule is CCCCCC(=O)Oc1ccc2nc3c(c(CC)c2c1)Cn1c-3cc2c(c1=O)COC(=O)[C@@]2(CC)OC(=O)CCCSSCCCC(=O)O[C@]1(CC)C(=O)OCc2c1cc1n(c2=O)Cc2c-1nc1ccc(OC(=O)CCCCC)cc1c2CC. The fourth-order valence-electron chi connectivity index (χ4n) is 12.1. The molecule has 18 nitrogen and oxygen atoms in total. The normalized spacial score (nSPS) is 17.1. The van der Waals surface area contributed by atoms with Crippen LogP contribution in [-0.2, 0) is 98.1 Å². The standard InChI is InChI=1S/C64H70N4O14S2/c1-7-13-15-19-53(69)79-37-23-25-49-41(29-37)39(9-3)43-33-67-51(57(43)65-49)31-47-45(59(67)73)35-77-61(75)63(47,11-5)81-55(71)21-17-27-83-84-28-18-22-56(72)82-64(12-6)48-32-52-58-44(34-68(52)60(74)46(48)36-78-62(64)76)40(10-4)42-30-38(24-26-50(42)66-58)80-54(70)20-16-14-8-2/h23-26,29-32H,7-22,27-28,33-36H2,1-6H3/t63-,64-/m0/s1. The van der Waals surface area contributed by atoms with Crippen LogP contribution in [0.5, 0.6) is 11.5 Å². The number of hydrogen-bond acceptors (Lipinski definition) is 18. The van der Waals surface area contributed by atoms with Crippen LogP contribution in [0.2, 0.25) is 0 Å². The van der Waals surface area contributed by atoms with Gasteiger partial charge in [-0.3, -0.25) is 28.8 Å². The molecule has 2 aromatic carbocycles. The zero-order chi connectivity index (χ0) is 59.5. The third-order valence-electron chi connectivity index (χ3n) is 16.5. The predicted molar refractivity (Wildman–Crippen MR) is 318 cm³/mol. The van der Waals surface area contributed by atoms with Gasteiger partial charge in [-0.25, -0.2) is 19.6 Å². The van der Waals surface area contributed by atoms with E-state index in [4.69, 9.17) is 38.4 Å². The van der Waals surface area contributed by atoms with Gasteiger partial charge in [-0.15, -0.1) is 0 Å². The Labute approximate surface area is 494 Å². The van der Waals surface area contributed by atoms with Gasteiger partial charge in [0.2, 0.25) is 11.2 Å². The Bertz CT molecular complexity index is 3540. The lowest BCUT2D eigenvalue weighted by molar-refractivity contribution is -0.189. The van der Waals surface area contributed by atoms with E-state index >= 15 is 0 Å². The monoisotopic (exact) mass is 1180 g/mol. The van der Waals surface area contributed by atoms with Crippen LogP contribution in [-0.4, -0.2) is 66.4 Å². The molecule has 84 heavy (non-hydrogen) atoms. The van der Waals surface area contributed by atoms with Crippen LogP contribution < -0.4 is 20.6 Å². The van der Waals surface area contributed by atoms with E-state index in [1.54, 1.807) is 59.4 Å². The van der Waals surface area contributed by atoms with Crippen molar-refractivity contribution in [2.45, 2.75) is 182 Å². The number of nitrogens with zero attached hydrogens (tertiary/aromatic N) is 4. The number of ether oxygens (including phenoxy) is 6. The van der Waals surface area contributed by atoms with E-state index in [0.717, 1.165) is 71.6 Å². The molecule has 0 N–H and O–H groups in total. The molecule has 442 valence electrons.